The van der Waals surface area contributed by atoms with Crippen LogP contribution in [0.1, 0.15) is 25.1 Å². The third kappa shape index (κ3) is 3.46. The SMILES string of the molecule is Cc1cc(CNC(CCl)C(C)C)c2ccccc2n1. The summed E-state index contributed by atoms with van der Waals surface area (Å²) in [4.78, 5) is 4.56. The van der Waals surface area contributed by atoms with E-state index in [1.165, 1.54) is 10.9 Å². The van der Waals surface area contributed by atoms with E-state index < -0.39 is 0 Å². The number of nitrogens with one attached hydrogen (secondary N) is 1. The van der Waals surface area contributed by atoms with Crippen molar-refractivity contribution >= 4 is 22.5 Å². The average Bonchev–Trinajstić information content (AvgIpc) is 2.38. The van der Waals surface area contributed by atoms with Crippen LogP contribution in [0.5, 0.6) is 0 Å². The highest BCUT2D eigenvalue weighted by Gasteiger charge is 2.12. The smallest absolute Gasteiger partial charge is 0.0708 e. The molecule has 0 aliphatic rings. The van der Waals surface area contributed by atoms with E-state index in [2.05, 4.69) is 48.4 Å². The van der Waals surface area contributed by atoms with Crippen molar-refractivity contribution in [3.63, 3.8) is 0 Å². The number of para-hydroxylation sites is 1. The number of benzene rings is 1. The van der Waals surface area contributed by atoms with Gasteiger partial charge in [0.05, 0.1) is 5.52 Å². The number of fused-ring (bicyclic) bond motifs is 1. The van der Waals surface area contributed by atoms with Gasteiger partial charge in [-0.05, 0) is 30.5 Å². The van der Waals surface area contributed by atoms with Gasteiger partial charge >= 0.3 is 0 Å². The van der Waals surface area contributed by atoms with Gasteiger partial charge in [-0.1, -0.05) is 32.0 Å². The van der Waals surface area contributed by atoms with Crippen molar-refractivity contribution in [2.45, 2.75) is 33.4 Å². The molecule has 3 heteroatoms. The van der Waals surface area contributed by atoms with Gasteiger partial charge in [-0.15, -0.1) is 11.6 Å². The molecule has 2 aromatic rings. The number of pyridine rings is 1. The lowest BCUT2D eigenvalue weighted by Crippen LogP contribution is -2.35. The predicted octanol–water partition coefficient (Wildman–Crippen LogP) is 3.90. The summed E-state index contributed by atoms with van der Waals surface area (Å²) in [6.07, 6.45) is 0. The normalized spacial score (nSPS) is 13.1. The molecule has 1 aromatic heterocycles. The summed E-state index contributed by atoms with van der Waals surface area (Å²) in [5.74, 6) is 1.17. The number of rotatable bonds is 5. The third-order valence-electron chi connectivity index (χ3n) is 3.46. The Kier molecular flexibility index (Phi) is 4.78. The van der Waals surface area contributed by atoms with E-state index in [9.17, 15) is 0 Å². The third-order valence-corrected chi connectivity index (χ3v) is 3.79. The Balaban J connectivity index is 2.25. The maximum absolute atomic E-state index is 6.00. The maximum atomic E-state index is 6.00. The van der Waals surface area contributed by atoms with Crippen LogP contribution in [-0.4, -0.2) is 16.9 Å². The zero-order valence-corrected chi connectivity index (χ0v) is 12.5. The van der Waals surface area contributed by atoms with E-state index in [0.717, 1.165) is 17.8 Å². The van der Waals surface area contributed by atoms with Crippen LogP contribution in [0.25, 0.3) is 10.9 Å². The number of aryl methyl sites for hydroxylation is 1. The Labute approximate surface area is 120 Å². The topological polar surface area (TPSA) is 24.9 Å². The van der Waals surface area contributed by atoms with Crippen molar-refractivity contribution < 1.29 is 0 Å². The fraction of sp³-hybridized carbons (Fsp3) is 0.438. The van der Waals surface area contributed by atoms with Gasteiger partial charge < -0.3 is 5.32 Å². The number of hydrogen-bond donors (Lipinski definition) is 1. The molecule has 0 bridgehead atoms. The van der Waals surface area contributed by atoms with Crippen LogP contribution in [0.3, 0.4) is 0 Å². The summed E-state index contributed by atoms with van der Waals surface area (Å²) in [5.41, 5.74) is 3.41. The largest absolute Gasteiger partial charge is 0.308 e. The van der Waals surface area contributed by atoms with Crippen LogP contribution in [0.2, 0.25) is 0 Å². The molecule has 0 fully saturated rings. The molecule has 2 nitrogen and oxygen atoms in total. The average molecular weight is 277 g/mol. The Morgan fingerprint density at radius 3 is 2.68 bits per heavy atom. The molecule has 1 heterocycles. The minimum absolute atomic E-state index is 0.342. The van der Waals surface area contributed by atoms with Gasteiger partial charge in [-0.3, -0.25) is 4.98 Å². The van der Waals surface area contributed by atoms with Crippen molar-refractivity contribution in [3.8, 4) is 0 Å². The lowest BCUT2D eigenvalue weighted by atomic mass is 10.0. The fourth-order valence-corrected chi connectivity index (χ4v) is 2.72. The van der Waals surface area contributed by atoms with Crippen LogP contribution >= 0.6 is 11.6 Å². The van der Waals surface area contributed by atoms with Crippen molar-refractivity contribution in [2.24, 2.45) is 5.92 Å². The summed E-state index contributed by atoms with van der Waals surface area (Å²) >= 11 is 6.00. The van der Waals surface area contributed by atoms with Crippen LogP contribution < -0.4 is 5.32 Å². The molecule has 0 radical (unpaired) electrons. The monoisotopic (exact) mass is 276 g/mol. The van der Waals surface area contributed by atoms with Gasteiger partial charge in [-0.2, -0.15) is 0 Å². The van der Waals surface area contributed by atoms with E-state index in [4.69, 9.17) is 11.6 Å². The highest BCUT2D eigenvalue weighted by atomic mass is 35.5. The molecule has 1 aromatic carbocycles. The first-order valence-electron chi connectivity index (χ1n) is 6.76. The minimum Gasteiger partial charge on any atom is -0.308 e. The number of nitrogens with zero attached hydrogens (tertiary/aromatic N) is 1. The number of halogens is 1. The lowest BCUT2D eigenvalue weighted by molar-refractivity contribution is 0.431. The summed E-state index contributed by atoms with van der Waals surface area (Å²) in [5, 5.41) is 4.76. The van der Waals surface area contributed by atoms with Crippen LogP contribution in [-0.2, 0) is 6.54 Å². The highest BCUT2D eigenvalue weighted by molar-refractivity contribution is 6.18. The summed E-state index contributed by atoms with van der Waals surface area (Å²) in [6.45, 7) is 7.25. The lowest BCUT2D eigenvalue weighted by Gasteiger charge is -2.20. The summed E-state index contributed by atoms with van der Waals surface area (Å²) in [6, 6.07) is 10.8. The predicted molar refractivity (Wildman–Crippen MR) is 82.7 cm³/mol. The zero-order valence-electron chi connectivity index (χ0n) is 11.8. The molecule has 0 saturated heterocycles. The van der Waals surface area contributed by atoms with E-state index in [1.807, 2.05) is 13.0 Å². The Morgan fingerprint density at radius 1 is 1.26 bits per heavy atom. The Morgan fingerprint density at radius 2 is 2.00 bits per heavy atom. The van der Waals surface area contributed by atoms with Gasteiger partial charge in [0.25, 0.3) is 0 Å². The molecule has 1 unspecified atom stereocenters. The fourth-order valence-electron chi connectivity index (χ4n) is 2.25. The van der Waals surface area contributed by atoms with Crippen molar-refractivity contribution in [1.29, 1.82) is 0 Å². The first-order valence-corrected chi connectivity index (χ1v) is 7.30. The standard InChI is InChI=1S/C16H21ClN2/c1-11(2)16(9-17)18-10-13-8-12(3)19-15-7-5-4-6-14(13)15/h4-8,11,16,18H,9-10H2,1-3H3. The van der Waals surface area contributed by atoms with Crippen LogP contribution in [0, 0.1) is 12.8 Å². The molecule has 1 N–H and O–H groups in total. The van der Waals surface area contributed by atoms with E-state index in [-0.39, 0.29) is 0 Å². The van der Waals surface area contributed by atoms with Gasteiger partial charge in [0.1, 0.15) is 0 Å². The van der Waals surface area contributed by atoms with Crippen LogP contribution in [0.15, 0.2) is 30.3 Å². The zero-order chi connectivity index (χ0) is 13.8. The molecule has 0 aliphatic carbocycles. The van der Waals surface area contributed by atoms with Gasteiger partial charge in [0.2, 0.25) is 0 Å². The molecule has 19 heavy (non-hydrogen) atoms. The van der Waals surface area contributed by atoms with Crippen molar-refractivity contribution in [2.75, 3.05) is 5.88 Å². The van der Waals surface area contributed by atoms with E-state index >= 15 is 0 Å². The second-order valence-electron chi connectivity index (χ2n) is 5.33. The molecular formula is C16H21ClN2. The highest BCUT2D eigenvalue weighted by Crippen LogP contribution is 2.18. The summed E-state index contributed by atoms with van der Waals surface area (Å²) in [7, 11) is 0. The molecule has 0 spiro atoms. The molecule has 0 aliphatic heterocycles. The van der Waals surface area contributed by atoms with Gasteiger partial charge in [-0.25, -0.2) is 0 Å². The minimum atomic E-state index is 0.342. The number of hydrogen-bond acceptors (Lipinski definition) is 2. The first-order chi connectivity index (χ1) is 9.11. The quantitative estimate of drug-likeness (QED) is 0.838. The second kappa shape index (κ2) is 6.36. The molecular weight excluding hydrogens is 256 g/mol. The first kappa shape index (κ1) is 14.3. The second-order valence-corrected chi connectivity index (χ2v) is 5.63. The number of aromatic nitrogens is 1. The molecule has 2 rings (SSSR count). The Bertz CT molecular complexity index is 551. The number of alkyl halides is 1. The van der Waals surface area contributed by atoms with Gasteiger partial charge in [0, 0.05) is 29.5 Å². The Hall–Kier alpha value is -1.12. The molecule has 0 amide bonds. The van der Waals surface area contributed by atoms with Gasteiger partial charge in [0.15, 0.2) is 0 Å². The van der Waals surface area contributed by atoms with Crippen molar-refractivity contribution in [3.05, 3.63) is 41.6 Å². The molecule has 1 atom stereocenters. The molecule has 0 saturated carbocycles. The van der Waals surface area contributed by atoms with Crippen LogP contribution in [0.4, 0.5) is 0 Å². The van der Waals surface area contributed by atoms with E-state index in [1.54, 1.807) is 0 Å². The van der Waals surface area contributed by atoms with E-state index in [0.29, 0.717) is 17.8 Å². The maximum Gasteiger partial charge on any atom is 0.0708 e. The molecule has 102 valence electrons. The summed E-state index contributed by atoms with van der Waals surface area (Å²) < 4.78 is 0. The van der Waals surface area contributed by atoms with Crippen molar-refractivity contribution in [1.82, 2.24) is 10.3 Å².